The van der Waals surface area contributed by atoms with E-state index in [1.807, 2.05) is 0 Å². The Balaban J connectivity index is 0.000000349. The highest BCUT2D eigenvalue weighted by Crippen LogP contribution is 2.32. The second-order valence-electron chi connectivity index (χ2n) is 11.2. The number of sulfonamides is 2. The van der Waals surface area contributed by atoms with Crippen LogP contribution in [0.25, 0.3) is 5.69 Å². The lowest BCUT2D eigenvalue weighted by molar-refractivity contribution is -0.135. The third-order valence-corrected chi connectivity index (χ3v) is 11.6. The van der Waals surface area contributed by atoms with Crippen LogP contribution in [-0.2, 0) is 39.2 Å². The summed E-state index contributed by atoms with van der Waals surface area (Å²) in [6.07, 6.45) is 1.40. The van der Waals surface area contributed by atoms with E-state index in [9.17, 15) is 53.0 Å². The summed E-state index contributed by atoms with van der Waals surface area (Å²) < 4.78 is 122. The molecule has 0 unspecified atom stereocenters. The number of rotatable bonds is 15. The molecule has 4 aromatic rings. The molecule has 61 heavy (non-hydrogen) atoms. The van der Waals surface area contributed by atoms with Crippen molar-refractivity contribution in [1.29, 1.82) is 0 Å². The number of halogens is 4. The van der Waals surface area contributed by atoms with Gasteiger partial charge in [-0.3, -0.25) is 24.7 Å². The lowest BCUT2D eigenvalue weighted by atomic mass is 10.3. The van der Waals surface area contributed by atoms with Crippen LogP contribution in [0.4, 0.5) is 25.2 Å². The van der Waals surface area contributed by atoms with Gasteiger partial charge < -0.3 is 24.4 Å². The minimum atomic E-state index is -4.61. The number of anilines is 2. The number of carboxylic acid groups (broad SMARTS) is 1. The molecule has 0 atom stereocenters. The van der Waals surface area contributed by atoms with Crippen LogP contribution >= 0.6 is 30.8 Å². The fourth-order valence-electron chi connectivity index (χ4n) is 4.08. The maximum Gasteiger partial charge on any atom is 0.355 e. The van der Waals surface area contributed by atoms with Gasteiger partial charge in [-0.25, -0.2) is 40.7 Å². The number of aliphatic carboxylic acids is 1. The first kappa shape index (κ1) is 52.1. The molecule has 0 saturated heterocycles. The molecular formula is C28H35Cl2F2N10O15PS3. The first-order valence-electron chi connectivity index (χ1n) is 15.9. The largest absolute Gasteiger partial charge is 0.481 e. The molecule has 1 aromatic carbocycles. The van der Waals surface area contributed by atoms with Crippen LogP contribution in [-0.4, -0.2) is 121 Å². The average Bonchev–Trinajstić information content (AvgIpc) is 3.44. The maximum absolute atomic E-state index is 12.8. The molecule has 3 aromatic heterocycles. The quantitative estimate of drug-likeness (QED) is 0.0828. The minimum absolute atomic E-state index is 0.0257. The smallest absolute Gasteiger partial charge is 0.355 e. The van der Waals surface area contributed by atoms with Gasteiger partial charge in [0.15, 0.2) is 14.9 Å². The lowest BCUT2D eigenvalue weighted by Crippen LogP contribution is -2.36. The molecule has 0 aliphatic heterocycles. The number of carbonyl (C=O) groups is 2. The predicted octanol–water partition coefficient (Wildman–Crippen LogP) is 1.40. The van der Waals surface area contributed by atoms with E-state index in [1.54, 1.807) is 4.72 Å². The number of alkyl halides is 2. The SMILES string of the molecule is CCS(=O)(=O)c1cccnc1S(=O)(=O)NC(=O)Nc1nc(OC)cc(OC)n1.Cc1nn(-c2cc(NS(C)(=O)=O)c(Cl)cc2Cl)c(=O)n1C(F)F.O=C(O)CNCP(=O)(O)O. The Bertz CT molecular complexity index is 2660. The topological polar surface area (TPSA) is 359 Å². The number of carbonyl (C=O) groups excluding carboxylic acids is 1. The zero-order valence-electron chi connectivity index (χ0n) is 31.8. The van der Waals surface area contributed by atoms with Crippen molar-refractivity contribution in [3.05, 3.63) is 62.9 Å². The number of carboxylic acids is 1. The van der Waals surface area contributed by atoms with E-state index in [-0.39, 0.29) is 55.3 Å². The van der Waals surface area contributed by atoms with Crippen molar-refractivity contribution in [2.45, 2.75) is 30.3 Å². The second-order valence-corrected chi connectivity index (χ2v) is 19.3. The zero-order chi connectivity index (χ0) is 46.7. The summed E-state index contributed by atoms with van der Waals surface area (Å²) in [5.74, 6) is -1.89. The molecule has 0 saturated carbocycles. The van der Waals surface area contributed by atoms with Crippen molar-refractivity contribution in [3.63, 3.8) is 0 Å². The van der Waals surface area contributed by atoms with E-state index >= 15 is 0 Å². The Morgan fingerprint density at radius 3 is 2.07 bits per heavy atom. The van der Waals surface area contributed by atoms with Gasteiger partial charge in [0.1, 0.15) is 10.7 Å². The number of nitrogens with zero attached hydrogens (tertiary/aromatic N) is 6. The number of sulfone groups is 1. The number of urea groups is 1. The van der Waals surface area contributed by atoms with Crippen LogP contribution in [0.1, 0.15) is 19.3 Å². The van der Waals surface area contributed by atoms with Gasteiger partial charge in [-0.15, -0.1) is 5.10 Å². The number of pyridine rings is 1. The number of benzene rings is 1. The van der Waals surface area contributed by atoms with Gasteiger partial charge in [0.2, 0.25) is 27.7 Å². The third kappa shape index (κ3) is 16.0. The molecule has 0 radical (unpaired) electrons. The van der Waals surface area contributed by atoms with Crippen molar-refractivity contribution >= 4 is 84.3 Å². The van der Waals surface area contributed by atoms with E-state index in [0.717, 1.165) is 24.6 Å². The van der Waals surface area contributed by atoms with Crippen molar-refractivity contribution < 1.29 is 72.6 Å². The molecule has 0 fully saturated rings. The Morgan fingerprint density at radius 2 is 1.59 bits per heavy atom. The van der Waals surface area contributed by atoms with Gasteiger partial charge >= 0.3 is 31.8 Å². The second kappa shape index (κ2) is 21.6. The summed E-state index contributed by atoms with van der Waals surface area (Å²) in [5.41, 5.74) is -1.27. The highest BCUT2D eigenvalue weighted by molar-refractivity contribution is 7.94. The maximum atomic E-state index is 12.8. The number of hydrogen-bond donors (Lipinski definition) is 7. The number of hydrogen-bond acceptors (Lipinski definition) is 17. The molecule has 0 aliphatic carbocycles. The first-order chi connectivity index (χ1) is 28.0. The molecule has 4 rings (SSSR count). The van der Waals surface area contributed by atoms with Gasteiger partial charge in [0, 0.05) is 6.20 Å². The van der Waals surface area contributed by atoms with Gasteiger partial charge in [0.25, 0.3) is 10.0 Å². The van der Waals surface area contributed by atoms with Gasteiger partial charge in [-0.2, -0.15) is 31.8 Å². The molecule has 0 spiro atoms. The Kier molecular flexibility index (Phi) is 18.5. The number of amides is 2. The zero-order valence-corrected chi connectivity index (χ0v) is 36.6. The van der Waals surface area contributed by atoms with Gasteiger partial charge in [-0.1, -0.05) is 30.1 Å². The van der Waals surface area contributed by atoms with E-state index in [0.29, 0.717) is 4.68 Å². The Labute approximate surface area is 354 Å². The van der Waals surface area contributed by atoms with Crippen molar-refractivity contribution in [3.8, 4) is 17.4 Å². The normalized spacial score (nSPS) is 11.7. The summed E-state index contributed by atoms with van der Waals surface area (Å²) in [6.45, 7) is -0.933. The van der Waals surface area contributed by atoms with Gasteiger partial charge in [-0.05, 0) is 31.2 Å². The van der Waals surface area contributed by atoms with E-state index < -0.39 is 84.5 Å². The first-order valence-corrected chi connectivity index (χ1v) is 23.5. The highest BCUT2D eigenvalue weighted by Gasteiger charge is 2.29. The van der Waals surface area contributed by atoms with E-state index in [2.05, 4.69) is 35.4 Å². The summed E-state index contributed by atoms with van der Waals surface area (Å²) >= 11 is 11.8. The third-order valence-electron chi connectivity index (χ3n) is 6.59. The monoisotopic (exact) mass is 986 g/mol. The van der Waals surface area contributed by atoms with Crippen LogP contribution in [0, 0.1) is 6.92 Å². The van der Waals surface area contributed by atoms with E-state index in [1.165, 1.54) is 46.3 Å². The molecule has 25 nitrogen and oxygen atoms in total. The number of aryl methyl sites for hydroxylation is 1. The lowest BCUT2D eigenvalue weighted by Gasteiger charge is -2.11. The van der Waals surface area contributed by atoms with Crippen LogP contribution in [0.15, 0.2) is 51.2 Å². The molecule has 0 bridgehead atoms. The minimum Gasteiger partial charge on any atom is -0.481 e. The highest BCUT2D eigenvalue weighted by atomic mass is 35.5. The molecule has 7 N–H and O–H groups in total. The van der Waals surface area contributed by atoms with Crippen molar-refractivity contribution in [2.75, 3.05) is 49.1 Å². The molecule has 33 heteroatoms. The van der Waals surface area contributed by atoms with Crippen molar-refractivity contribution in [2.24, 2.45) is 0 Å². The van der Waals surface area contributed by atoms with E-state index in [4.69, 9.17) is 47.6 Å². The fraction of sp³-hybridized carbons (Fsp3) is 0.321. The molecule has 338 valence electrons. The predicted molar refractivity (Wildman–Crippen MR) is 211 cm³/mol. The number of ether oxygens (including phenoxy) is 2. The molecule has 2 amide bonds. The van der Waals surface area contributed by atoms with Crippen LogP contribution in [0.5, 0.6) is 11.8 Å². The number of aromatic nitrogens is 6. The van der Waals surface area contributed by atoms with Crippen molar-refractivity contribution in [1.82, 2.24) is 39.3 Å². The van der Waals surface area contributed by atoms with Gasteiger partial charge in [0.05, 0.1) is 66.5 Å². The summed E-state index contributed by atoms with van der Waals surface area (Å²) in [7, 11) is -13.6. The summed E-state index contributed by atoms with van der Waals surface area (Å²) in [5, 5.41) is 15.0. The van der Waals surface area contributed by atoms with Crippen LogP contribution < -0.4 is 35.2 Å². The number of nitrogens with one attached hydrogen (secondary N) is 4. The molecule has 0 aliphatic rings. The summed E-state index contributed by atoms with van der Waals surface area (Å²) in [6, 6.07) is 4.78. The Hall–Kier alpha value is -5.07. The fourth-order valence-corrected chi connectivity index (χ4v) is 8.17. The van der Waals surface area contributed by atoms with Crippen LogP contribution in [0.2, 0.25) is 10.0 Å². The molecule has 3 heterocycles. The summed E-state index contributed by atoms with van der Waals surface area (Å²) in [4.78, 5) is 61.0. The standard InChI is InChI=1S/C14H17N5O7S2.C11H10Cl2F2N4O3S.C3H8NO5P/c1-4-27(21,22)9-6-5-7-15-12(9)28(23,24)19-14(20)18-13-16-10(25-2)8-11(17-13)26-3;1-5-16-19(11(20)18(5)10(14)15)9-4-8(17-23(2,21)22)6(12)3-7(9)13;5-3(6)1-4-2-10(7,8)9/h5-8H,4H2,1-3H3,(H2,16,17,18,19,20);3-4,10,17H,1-2H3;4H,1-2H2,(H,5,6)(H2,7,8,9). The number of methoxy groups -OCH3 is 2. The van der Waals surface area contributed by atoms with Crippen LogP contribution in [0.3, 0.4) is 0 Å². The average molecular weight is 988 g/mol. The molecular weight excluding hydrogens is 952 g/mol. The Morgan fingerprint density at radius 1 is 1.00 bits per heavy atom.